The summed E-state index contributed by atoms with van der Waals surface area (Å²) in [5, 5.41) is 6.53. The van der Waals surface area contributed by atoms with Crippen LogP contribution in [0.2, 0.25) is 0 Å². The third-order valence-electron chi connectivity index (χ3n) is 4.82. The Morgan fingerprint density at radius 3 is 2.84 bits per heavy atom. The number of amides is 1. The second kappa shape index (κ2) is 9.97. The molecule has 0 bridgehead atoms. The highest BCUT2D eigenvalue weighted by Gasteiger charge is 2.12. The summed E-state index contributed by atoms with van der Waals surface area (Å²) >= 11 is 2.78. The Morgan fingerprint density at radius 2 is 2.03 bits per heavy atom. The summed E-state index contributed by atoms with van der Waals surface area (Å²) in [6.45, 7) is 2.44. The third-order valence-corrected chi connectivity index (χ3v) is 6.56. The average molecular weight is 467 g/mol. The lowest BCUT2D eigenvalue weighted by Gasteiger charge is -2.10. The quantitative estimate of drug-likeness (QED) is 0.300. The van der Waals surface area contributed by atoms with Crippen molar-refractivity contribution in [2.24, 2.45) is 0 Å². The van der Waals surface area contributed by atoms with Gasteiger partial charge in [-0.1, -0.05) is 36.0 Å². The first-order valence-electron chi connectivity index (χ1n) is 10.1. The molecule has 164 valence electrons. The van der Waals surface area contributed by atoms with E-state index in [4.69, 9.17) is 4.74 Å². The number of thioether (sulfide) groups is 1. The predicted octanol–water partition coefficient (Wildman–Crippen LogP) is 4.67. The maximum Gasteiger partial charge on any atom is 0.262 e. The van der Waals surface area contributed by atoms with Crippen LogP contribution in [0.25, 0.3) is 22.2 Å². The van der Waals surface area contributed by atoms with Crippen molar-refractivity contribution in [3.63, 3.8) is 0 Å². The first kappa shape index (κ1) is 22.0. The van der Waals surface area contributed by atoms with Crippen molar-refractivity contribution >= 4 is 45.0 Å². The summed E-state index contributed by atoms with van der Waals surface area (Å²) in [5.74, 6) is 1.13. The van der Waals surface area contributed by atoms with Gasteiger partial charge in [0.2, 0.25) is 5.91 Å². The number of nitrogens with zero attached hydrogens (tertiary/aromatic N) is 3. The fourth-order valence-corrected chi connectivity index (χ4v) is 4.94. The molecule has 0 unspecified atom stereocenters. The Balaban J connectivity index is 1.38. The van der Waals surface area contributed by atoms with Gasteiger partial charge < -0.3 is 10.1 Å². The monoisotopic (exact) mass is 466 g/mol. The van der Waals surface area contributed by atoms with Gasteiger partial charge in [-0.25, -0.2) is 9.97 Å². The Labute approximate surface area is 193 Å². The van der Waals surface area contributed by atoms with Gasteiger partial charge in [0.05, 0.1) is 23.7 Å². The number of hydrogen-bond donors (Lipinski definition) is 1. The second-order valence-electron chi connectivity index (χ2n) is 6.88. The summed E-state index contributed by atoms with van der Waals surface area (Å²) < 4.78 is 6.90. The fraction of sp³-hybridized carbons (Fsp3) is 0.217. The highest BCUT2D eigenvalue weighted by Crippen LogP contribution is 2.27. The number of methoxy groups -OCH3 is 1. The van der Waals surface area contributed by atoms with E-state index in [0.29, 0.717) is 33.5 Å². The van der Waals surface area contributed by atoms with Gasteiger partial charge in [0, 0.05) is 29.7 Å². The van der Waals surface area contributed by atoms with Crippen LogP contribution in [0.3, 0.4) is 0 Å². The Bertz CT molecular complexity index is 1320. The van der Waals surface area contributed by atoms with Crippen molar-refractivity contribution in [2.45, 2.75) is 25.0 Å². The van der Waals surface area contributed by atoms with Crippen LogP contribution in [-0.4, -0.2) is 33.3 Å². The number of aromatic nitrogens is 3. The molecule has 0 saturated heterocycles. The first-order chi connectivity index (χ1) is 15.6. The van der Waals surface area contributed by atoms with E-state index in [-0.39, 0.29) is 17.9 Å². The van der Waals surface area contributed by atoms with Gasteiger partial charge in [-0.15, -0.1) is 11.3 Å². The van der Waals surface area contributed by atoms with Gasteiger partial charge >= 0.3 is 0 Å². The van der Waals surface area contributed by atoms with Crippen molar-refractivity contribution in [3.05, 3.63) is 64.3 Å². The lowest BCUT2D eigenvalue weighted by Crippen LogP contribution is -2.22. The van der Waals surface area contributed by atoms with E-state index in [0.717, 1.165) is 17.0 Å². The summed E-state index contributed by atoms with van der Waals surface area (Å²) in [4.78, 5) is 34.2. The molecule has 0 aliphatic heterocycles. The maximum absolute atomic E-state index is 12.7. The molecule has 0 radical (unpaired) electrons. The van der Waals surface area contributed by atoms with Crippen molar-refractivity contribution in [1.29, 1.82) is 0 Å². The number of ether oxygens (including phenoxy) is 1. The van der Waals surface area contributed by atoms with E-state index >= 15 is 0 Å². The van der Waals surface area contributed by atoms with Crippen molar-refractivity contribution in [2.75, 3.05) is 18.2 Å². The molecule has 32 heavy (non-hydrogen) atoms. The molecule has 2 aromatic carbocycles. The molecule has 0 atom stereocenters. The van der Waals surface area contributed by atoms with Gasteiger partial charge in [0.1, 0.15) is 5.75 Å². The van der Waals surface area contributed by atoms with E-state index in [1.807, 2.05) is 54.8 Å². The zero-order chi connectivity index (χ0) is 22.5. The van der Waals surface area contributed by atoms with Crippen LogP contribution in [-0.2, 0) is 11.3 Å². The fourth-order valence-electron chi connectivity index (χ4n) is 3.20. The minimum absolute atomic E-state index is 0.0575. The van der Waals surface area contributed by atoms with E-state index in [2.05, 4.69) is 15.3 Å². The molecule has 0 spiro atoms. The molecule has 0 fully saturated rings. The smallest absolute Gasteiger partial charge is 0.262 e. The number of thiazole rings is 1. The van der Waals surface area contributed by atoms with Crippen molar-refractivity contribution in [1.82, 2.24) is 14.5 Å². The molecular weight excluding hydrogens is 444 g/mol. The van der Waals surface area contributed by atoms with Gasteiger partial charge in [0.25, 0.3) is 5.56 Å². The van der Waals surface area contributed by atoms with Crippen LogP contribution >= 0.6 is 23.1 Å². The number of fused-ring (bicyclic) bond motifs is 1. The lowest BCUT2D eigenvalue weighted by atomic mass is 10.2. The molecule has 0 saturated carbocycles. The molecule has 9 heteroatoms. The number of hydrogen-bond acceptors (Lipinski definition) is 7. The number of carbonyl (C=O) groups excluding carboxylic acids is 1. The summed E-state index contributed by atoms with van der Waals surface area (Å²) in [6, 6.07) is 14.9. The molecule has 1 amide bonds. The SMILES string of the molecule is CCn1c(SCCC(=O)Nc2nc(-c3cccc(OC)c3)cs2)nc2ccccc2c1=O. The van der Waals surface area contributed by atoms with Gasteiger partial charge in [-0.05, 0) is 31.2 Å². The highest BCUT2D eigenvalue weighted by molar-refractivity contribution is 7.99. The standard InChI is InChI=1S/C23H22N4O3S2/c1-3-27-21(29)17-9-4-5-10-18(17)25-23(27)31-12-11-20(28)26-22-24-19(14-32-22)15-7-6-8-16(13-15)30-2/h4-10,13-14H,3,11-12H2,1-2H3,(H,24,26,28). The van der Waals surface area contributed by atoms with Crippen LogP contribution in [0, 0.1) is 0 Å². The van der Waals surface area contributed by atoms with Crippen molar-refractivity contribution in [3.8, 4) is 17.0 Å². The number of anilines is 1. The second-order valence-corrected chi connectivity index (χ2v) is 8.80. The van der Waals surface area contributed by atoms with E-state index < -0.39 is 0 Å². The van der Waals surface area contributed by atoms with E-state index in [1.165, 1.54) is 23.1 Å². The predicted molar refractivity (Wildman–Crippen MR) is 130 cm³/mol. The summed E-state index contributed by atoms with van der Waals surface area (Å²) in [5.41, 5.74) is 2.32. The molecule has 7 nitrogen and oxygen atoms in total. The molecule has 2 heterocycles. The minimum atomic E-state index is -0.129. The number of rotatable bonds is 8. The van der Waals surface area contributed by atoms with Gasteiger partial charge in [-0.2, -0.15) is 0 Å². The molecule has 1 N–H and O–H groups in total. The molecular formula is C23H22N4O3S2. The molecule has 2 aromatic heterocycles. The van der Waals surface area contributed by atoms with Crippen LogP contribution in [0.5, 0.6) is 5.75 Å². The normalized spacial score (nSPS) is 10.9. The third kappa shape index (κ3) is 4.84. The summed E-state index contributed by atoms with van der Waals surface area (Å²) in [6.07, 6.45) is 0.283. The Hall–Kier alpha value is -3.17. The minimum Gasteiger partial charge on any atom is -0.497 e. The number of nitrogens with one attached hydrogen (secondary N) is 1. The molecule has 0 aliphatic rings. The Kier molecular flexibility index (Phi) is 6.87. The maximum atomic E-state index is 12.7. The summed E-state index contributed by atoms with van der Waals surface area (Å²) in [7, 11) is 1.62. The lowest BCUT2D eigenvalue weighted by molar-refractivity contribution is -0.115. The van der Waals surface area contributed by atoms with Crippen LogP contribution in [0.1, 0.15) is 13.3 Å². The largest absolute Gasteiger partial charge is 0.497 e. The highest BCUT2D eigenvalue weighted by atomic mass is 32.2. The number of para-hydroxylation sites is 1. The number of benzene rings is 2. The van der Waals surface area contributed by atoms with Gasteiger partial charge in [-0.3, -0.25) is 14.2 Å². The zero-order valence-corrected chi connectivity index (χ0v) is 19.3. The number of carbonyl (C=O) groups is 1. The average Bonchev–Trinajstić information content (AvgIpc) is 3.28. The zero-order valence-electron chi connectivity index (χ0n) is 17.7. The van der Waals surface area contributed by atoms with Crippen LogP contribution in [0.4, 0.5) is 5.13 Å². The molecule has 0 aliphatic carbocycles. The topological polar surface area (TPSA) is 86.1 Å². The van der Waals surface area contributed by atoms with E-state index in [9.17, 15) is 9.59 Å². The first-order valence-corrected chi connectivity index (χ1v) is 12.0. The van der Waals surface area contributed by atoms with E-state index in [1.54, 1.807) is 17.7 Å². The van der Waals surface area contributed by atoms with Gasteiger partial charge in [0.15, 0.2) is 10.3 Å². The molecule has 4 rings (SSSR count). The van der Waals surface area contributed by atoms with Crippen LogP contribution < -0.4 is 15.6 Å². The Morgan fingerprint density at radius 1 is 1.19 bits per heavy atom. The van der Waals surface area contributed by atoms with Crippen LogP contribution in [0.15, 0.2) is 63.9 Å². The molecule has 4 aromatic rings. The van der Waals surface area contributed by atoms with Crippen molar-refractivity contribution < 1.29 is 9.53 Å².